The highest BCUT2D eigenvalue weighted by Gasteiger charge is 2.37. The molecule has 0 spiro atoms. The Morgan fingerprint density at radius 3 is 2.57 bits per heavy atom. The van der Waals surface area contributed by atoms with Gasteiger partial charge in [0.25, 0.3) is 0 Å². The van der Waals surface area contributed by atoms with Gasteiger partial charge in [-0.3, -0.25) is 4.79 Å². The minimum absolute atomic E-state index is 0.155. The molecule has 6 heteroatoms. The Hall–Kier alpha value is -2.24. The van der Waals surface area contributed by atoms with Gasteiger partial charge in [-0.15, -0.1) is 0 Å². The van der Waals surface area contributed by atoms with Gasteiger partial charge in [-0.1, -0.05) is 6.07 Å². The largest absolute Gasteiger partial charge is 0.493 e. The highest BCUT2D eigenvalue weighted by atomic mass is 16.5. The SMILES string of the molecule is COc1ccc(C2CCN(C(C)C(=O)O)C2=O)cc1OC. The summed E-state index contributed by atoms with van der Waals surface area (Å²) < 4.78 is 10.4. The third-order valence-corrected chi connectivity index (χ3v) is 3.87. The number of hydrogen-bond acceptors (Lipinski definition) is 4. The lowest BCUT2D eigenvalue weighted by atomic mass is 9.97. The Labute approximate surface area is 123 Å². The maximum absolute atomic E-state index is 12.4. The highest BCUT2D eigenvalue weighted by Crippen LogP contribution is 2.35. The molecule has 1 fully saturated rings. The van der Waals surface area contributed by atoms with E-state index in [0.717, 1.165) is 5.56 Å². The zero-order valence-corrected chi connectivity index (χ0v) is 12.3. The van der Waals surface area contributed by atoms with Gasteiger partial charge in [0.15, 0.2) is 11.5 Å². The van der Waals surface area contributed by atoms with E-state index in [9.17, 15) is 9.59 Å². The van der Waals surface area contributed by atoms with Crippen LogP contribution in [0.3, 0.4) is 0 Å². The molecule has 0 aliphatic carbocycles. The number of methoxy groups -OCH3 is 2. The van der Waals surface area contributed by atoms with Crippen molar-refractivity contribution in [2.24, 2.45) is 0 Å². The molecule has 1 N–H and O–H groups in total. The molecule has 2 rings (SSSR count). The summed E-state index contributed by atoms with van der Waals surface area (Å²) in [4.78, 5) is 24.8. The molecule has 2 unspecified atom stereocenters. The number of aliphatic carboxylic acids is 1. The van der Waals surface area contributed by atoms with E-state index in [1.54, 1.807) is 19.2 Å². The third kappa shape index (κ3) is 2.79. The lowest BCUT2D eigenvalue weighted by molar-refractivity contribution is -0.147. The number of likely N-dealkylation sites (tertiary alicyclic amines) is 1. The quantitative estimate of drug-likeness (QED) is 0.890. The van der Waals surface area contributed by atoms with Crippen LogP contribution in [0.2, 0.25) is 0 Å². The van der Waals surface area contributed by atoms with Crippen LogP contribution in [0, 0.1) is 0 Å². The van der Waals surface area contributed by atoms with Crippen molar-refractivity contribution in [3.8, 4) is 11.5 Å². The van der Waals surface area contributed by atoms with Crippen molar-refractivity contribution in [3.63, 3.8) is 0 Å². The van der Waals surface area contributed by atoms with Gasteiger partial charge in [0.05, 0.1) is 20.1 Å². The van der Waals surface area contributed by atoms with E-state index in [2.05, 4.69) is 0 Å². The highest BCUT2D eigenvalue weighted by molar-refractivity contribution is 5.89. The fourth-order valence-electron chi connectivity index (χ4n) is 2.60. The minimum Gasteiger partial charge on any atom is -0.493 e. The number of nitrogens with zero attached hydrogens (tertiary/aromatic N) is 1. The average Bonchev–Trinajstić information content (AvgIpc) is 2.87. The molecule has 1 aliphatic rings. The van der Waals surface area contributed by atoms with E-state index in [4.69, 9.17) is 14.6 Å². The number of ether oxygens (including phenoxy) is 2. The second-order valence-electron chi connectivity index (χ2n) is 5.00. The predicted octanol–water partition coefficient (Wildman–Crippen LogP) is 1.49. The van der Waals surface area contributed by atoms with Gasteiger partial charge in [0, 0.05) is 6.54 Å². The molecular weight excluding hydrogens is 274 g/mol. The Bertz CT molecular complexity index is 557. The van der Waals surface area contributed by atoms with E-state index in [1.165, 1.54) is 18.9 Å². The molecule has 1 amide bonds. The van der Waals surface area contributed by atoms with Gasteiger partial charge < -0.3 is 19.5 Å². The smallest absolute Gasteiger partial charge is 0.326 e. The topological polar surface area (TPSA) is 76.1 Å². The first-order valence-electron chi connectivity index (χ1n) is 6.74. The Morgan fingerprint density at radius 1 is 1.33 bits per heavy atom. The van der Waals surface area contributed by atoms with Crippen LogP contribution in [-0.2, 0) is 9.59 Å². The monoisotopic (exact) mass is 293 g/mol. The van der Waals surface area contributed by atoms with E-state index in [1.807, 2.05) is 6.07 Å². The van der Waals surface area contributed by atoms with Crippen LogP contribution >= 0.6 is 0 Å². The summed E-state index contributed by atoms with van der Waals surface area (Å²) >= 11 is 0. The maximum Gasteiger partial charge on any atom is 0.326 e. The number of hydrogen-bond donors (Lipinski definition) is 1. The van der Waals surface area contributed by atoms with E-state index in [-0.39, 0.29) is 11.8 Å². The van der Waals surface area contributed by atoms with Crippen LogP contribution in [0.1, 0.15) is 24.8 Å². The molecule has 0 radical (unpaired) electrons. The van der Waals surface area contributed by atoms with E-state index in [0.29, 0.717) is 24.5 Å². The molecular formula is C15H19NO5. The van der Waals surface area contributed by atoms with Crippen LogP contribution < -0.4 is 9.47 Å². The fourth-order valence-corrected chi connectivity index (χ4v) is 2.60. The predicted molar refractivity (Wildman–Crippen MR) is 75.7 cm³/mol. The van der Waals surface area contributed by atoms with Crippen molar-refractivity contribution < 1.29 is 24.2 Å². The van der Waals surface area contributed by atoms with Gasteiger partial charge in [-0.25, -0.2) is 4.79 Å². The second kappa shape index (κ2) is 6.03. The van der Waals surface area contributed by atoms with Crippen molar-refractivity contribution in [2.45, 2.75) is 25.3 Å². The number of amides is 1. The Morgan fingerprint density at radius 2 is 2.00 bits per heavy atom. The van der Waals surface area contributed by atoms with E-state index < -0.39 is 12.0 Å². The molecule has 21 heavy (non-hydrogen) atoms. The molecule has 0 aromatic heterocycles. The number of carboxylic acid groups (broad SMARTS) is 1. The summed E-state index contributed by atoms with van der Waals surface area (Å²) in [5, 5.41) is 9.04. The molecule has 0 bridgehead atoms. The number of benzene rings is 1. The standard InChI is InChI=1S/C15H19NO5/c1-9(15(18)19)16-7-6-11(14(16)17)10-4-5-12(20-2)13(8-10)21-3/h4-5,8-9,11H,6-7H2,1-3H3,(H,18,19). The zero-order chi connectivity index (χ0) is 15.6. The average molecular weight is 293 g/mol. The number of carbonyl (C=O) groups is 2. The van der Waals surface area contributed by atoms with Crippen LogP contribution in [-0.4, -0.2) is 48.7 Å². The molecule has 1 aromatic carbocycles. The summed E-state index contributed by atoms with van der Waals surface area (Å²) in [5.41, 5.74) is 0.817. The summed E-state index contributed by atoms with van der Waals surface area (Å²) in [5.74, 6) is -0.310. The van der Waals surface area contributed by atoms with Crippen LogP contribution in [0.5, 0.6) is 11.5 Å². The first-order chi connectivity index (χ1) is 9.99. The molecule has 114 valence electrons. The van der Waals surface area contributed by atoms with Gasteiger partial charge >= 0.3 is 5.97 Å². The molecule has 1 aromatic rings. The van der Waals surface area contributed by atoms with Crippen LogP contribution in [0.15, 0.2) is 18.2 Å². The fraction of sp³-hybridized carbons (Fsp3) is 0.467. The minimum atomic E-state index is -0.990. The summed E-state index contributed by atoms with van der Waals surface area (Å²) in [7, 11) is 3.09. The third-order valence-electron chi connectivity index (χ3n) is 3.87. The molecule has 0 saturated carbocycles. The summed E-state index contributed by atoms with van der Waals surface area (Å²) in [6.07, 6.45) is 0.603. The summed E-state index contributed by atoms with van der Waals surface area (Å²) in [6, 6.07) is 4.54. The van der Waals surface area contributed by atoms with Crippen molar-refractivity contribution >= 4 is 11.9 Å². The molecule has 1 heterocycles. The molecule has 2 atom stereocenters. The van der Waals surface area contributed by atoms with Crippen molar-refractivity contribution in [1.29, 1.82) is 0 Å². The second-order valence-corrected chi connectivity index (χ2v) is 5.00. The maximum atomic E-state index is 12.4. The van der Waals surface area contributed by atoms with Gasteiger partial charge in [0.2, 0.25) is 5.91 Å². The van der Waals surface area contributed by atoms with Crippen LogP contribution in [0.25, 0.3) is 0 Å². The van der Waals surface area contributed by atoms with E-state index >= 15 is 0 Å². The van der Waals surface area contributed by atoms with Crippen LogP contribution in [0.4, 0.5) is 0 Å². The molecule has 1 saturated heterocycles. The first-order valence-corrected chi connectivity index (χ1v) is 6.74. The zero-order valence-electron chi connectivity index (χ0n) is 12.3. The number of carbonyl (C=O) groups excluding carboxylic acids is 1. The Balaban J connectivity index is 2.24. The number of carboxylic acids is 1. The van der Waals surface area contributed by atoms with Gasteiger partial charge in [-0.05, 0) is 31.0 Å². The lowest BCUT2D eigenvalue weighted by Crippen LogP contribution is -2.40. The Kier molecular flexibility index (Phi) is 4.35. The first kappa shape index (κ1) is 15.2. The van der Waals surface area contributed by atoms with Crippen molar-refractivity contribution in [3.05, 3.63) is 23.8 Å². The number of rotatable bonds is 5. The summed E-state index contributed by atoms with van der Waals surface area (Å²) in [6.45, 7) is 1.97. The van der Waals surface area contributed by atoms with Crippen molar-refractivity contribution in [2.75, 3.05) is 20.8 Å². The normalized spacial score (nSPS) is 19.5. The molecule has 1 aliphatic heterocycles. The van der Waals surface area contributed by atoms with Gasteiger partial charge in [-0.2, -0.15) is 0 Å². The molecule has 6 nitrogen and oxygen atoms in total. The van der Waals surface area contributed by atoms with Gasteiger partial charge in [0.1, 0.15) is 6.04 Å². The van der Waals surface area contributed by atoms with Crippen molar-refractivity contribution in [1.82, 2.24) is 4.90 Å². The lowest BCUT2D eigenvalue weighted by Gasteiger charge is -2.21.